The minimum Gasteiger partial charge on any atom is -0.0693 e. The van der Waals surface area contributed by atoms with Crippen molar-refractivity contribution in [2.24, 2.45) is 10.8 Å². The van der Waals surface area contributed by atoms with Crippen molar-refractivity contribution in [2.45, 2.75) is 91.4 Å². The van der Waals surface area contributed by atoms with Gasteiger partial charge < -0.3 is 0 Å². The summed E-state index contributed by atoms with van der Waals surface area (Å²) >= 11 is 0. The maximum absolute atomic E-state index is 2.63. The number of rotatable bonds is 5. The molecule has 1 fully saturated rings. The minimum atomic E-state index is -1.24. The third-order valence-electron chi connectivity index (χ3n) is 8.31. The van der Waals surface area contributed by atoms with Gasteiger partial charge in [-0.05, 0) is 57.5 Å². The first-order chi connectivity index (χ1) is 14.3. The second kappa shape index (κ2) is 7.20. The molecule has 1 heteroatoms. The Balaban J connectivity index is 1.92. The van der Waals surface area contributed by atoms with E-state index in [9.17, 15) is 0 Å². The highest BCUT2D eigenvalue weighted by molar-refractivity contribution is 6.76. The molecule has 1 saturated carbocycles. The number of hydrogen-bond acceptors (Lipinski definition) is 0. The molecule has 0 N–H and O–H groups in total. The maximum atomic E-state index is 2.63. The number of benzene rings is 2. The van der Waals surface area contributed by atoms with E-state index in [1.165, 1.54) is 34.7 Å². The van der Waals surface area contributed by atoms with Crippen LogP contribution < -0.4 is 0 Å². The van der Waals surface area contributed by atoms with Crippen LogP contribution in [0.1, 0.15) is 81.7 Å². The van der Waals surface area contributed by atoms with Gasteiger partial charge in [0, 0.05) is 19.4 Å². The molecule has 0 nitrogen and oxygen atoms in total. The Morgan fingerprint density at radius 3 is 2.06 bits per heavy atom. The molecule has 2 aromatic rings. The lowest BCUT2D eigenvalue weighted by molar-refractivity contribution is -0.0890. The Bertz CT molecular complexity index is 1000. The lowest BCUT2D eigenvalue weighted by Crippen LogP contribution is -2.64. The third-order valence-corrected chi connectivity index (χ3v) is 9.75. The van der Waals surface area contributed by atoms with Crippen LogP contribution in [0.15, 0.2) is 48.0 Å². The lowest BCUT2D eigenvalue weighted by atomic mass is 9.35. The normalized spacial score (nSPS) is 21.4. The predicted octanol–water partition coefficient (Wildman–Crippen LogP) is 8.83. The molecule has 1 atom stereocenters. The Hall–Kier alpha value is -1.60. The van der Waals surface area contributed by atoms with Crippen molar-refractivity contribution in [2.75, 3.05) is 0 Å². The van der Waals surface area contributed by atoms with Gasteiger partial charge in [-0.1, -0.05) is 115 Å². The fourth-order valence-corrected chi connectivity index (χ4v) is 9.27. The summed E-state index contributed by atoms with van der Waals surface area (Å²) in [6.45, 7) is 22.4. The molecule has 0 amide bonds. The van der Waals surface area contributed by atoms with Crippen LogP contribution in [-0.4, -0.2) is 8.07 Å². The van der Waals surface area contributed by atoms with Gasteiger partial charge in [-0.15, -0.1) is 0 Å². The SMILES string of the molecule is CCc1cc2c(cc1C(C)c1ccccc1)C=C(C[Si](C)(C)C)C21C(C)(C)CC1(C)C. The molecule has 166 valence electrons. The molecule has 1 spiro atoms. The zero-order chi connectivity index (χ0) is 22.8. The van der Waals surface area contributed by atoms with Gasteiger partial charge in [-0.25, -0.2) is 0 Å². The quantitative estimate of drug-likeness (QED) is 0.416. The van der Waals surface area contributed by atoms with Crippen molar-refractivity contribution in [1.82, 2.24) is 0 Å². The highest BCUT2D eigenvalue weighted by Gasteiger charge is 2.69. The van der Waals surface area contributed by atoms with E-state index in [0.717, 1.165) is 6.42 Å². The molecule has 0 aliphatic heterocycles. The summed E-state index contributed by atoms with van der Waals surface area (Å²) in [6.07, 6.45) is 5.02. The van der Waals surface area contributed by atoms with Crippen molar-refractivity contribution in [3.8, 4) is 0 Å². The van der Waals surface area contributed by atoms with E-state index < -0.39 is 8.07 Å². The summed E-state index contributed by atoms with van der Waals surface area (Å²) in [6, 6.07) is 17.5. The largest absolute Gasteiger partial charge is 0.0693 e. The predicted molar refractivity (Wildman–Crippen MR) is 140 cm³/mol. The molecule has 2 aromatic carbocycles. The van der Waals surface area contributed by atoms with Gasteiger partial charge in [-0.3, -0.25) is 0 Å². The summed E-state index contributed by atoms with van der Waals surface area (Å²) in [7, 11) is -1.24. The summed E-state index contributed by atoms with van der Waals surface area (Å²) < 4.78 is 0. The molecule has 4 rings (SSSR count). The Morgan fingerprint density at radius 1 is 0.935 bits per heavy atom. The van der Waals surface area contributed by atoms with Gasteiger partial charge in [0.2, 0.25) is 0 Å². The molecule has 0 bridgehead atoms. The molecule has 2 aliphatic carbocycles. The summed E-state index contributed by atoms with van der Waals surface area (Å²) in [5.41, 5.74) is 10.1. The average Bonchev–Trinajstić information content (AvgIpc) is 3.00. The van der Waals surface area contributed by atoms with Gasteiger partial charge in [0.05, 0.1) is 0 Å². The smallest absolute Gasteiger partial charge is 0.0483 e. The van der Waals surface area contributed by atoms with E-state index in [1.54, 1.807) is 11.1 Å². The van der Waals surface area contributed by atoms with Crippen molar-refractivity contribution < 1.29 is 0 Å². The van der Waals surface area contributed by atoms with Gasteiger partial charge in [0.1, 0.15) is 0 Å². The van der Waals surface area contributed by atoms with Crippen LogP contribution in [0.4, 0.5) is 0 Å². The van der Waals surface area contributed by atoms with Crippen molar-refractivity contribution in [3.63, 3.8) is 0 Å². The molecule has 0 aromatic heterocycles. The molecular formula is C30H42Si. The highest BCUT2D eigenvalue weighted by atomic mass is 28.3. The molecule has 2 aliphatic rings. The highest BCUT2D eigenvalue weighted by Crippen LogP contribution is 2.74. The second-order valence-corrected chi connectivity index (χ2v) is 18.2. The van der Waals surface area contributed by atoms with Gasteiger partial charge in [0.25, 0.3) is 0 Å². The van der Waals surface area contributed by atoms with Crippen LogP contribution >= 0.6 is 0 Å². The number of allylic oxidation sites excluding steroid dienone is 1. The van der Waals surface area contributed by atoms with Crippen molar-refractivity contribution >= 4 is 14.1 Å². The van der Waals surface area contributed by atoms with Gasteiger partial charge in [-0.2, -0.15) is 0 Å². The number of aryl methyl sites for hydroxylation is 1. The van der Waals surface area contributed by atoms with Crippen LogP contribution in [0.5, 0.6) is 0 Å². The molecular weight excluding hydrogens is 388 g/mol. The average molecular weight is 431 g/mol. The van der Waals surface area contributed by atoms with Crippen LogP contribution in [0.25, 0.3) is 6.08 Å². The molecule has 1 unspecified atom stereocenters. The van der Waals surface area contributed by atoms with E-state index in [4.69, 9.17) is 0 Å². The topological polar surface area (TPSA) is 0 Å². The van der Waals surface area contributed by atoms with E-state index in [-0.39, 0.29) is 5.41 Å². The lowest BCUT2D eigenvalue weighted by Gasteiger charge is -2.68. The van der Waals surface area contributed by atoms with E-state index >= 15 is 0 Å². The fourth-order valence-electron chi connectivity index (χ4n) is 7.76. The van der Waals surface area contributed by atoms with Crippen molar-refractivity contribution in [3.05, 3.63) is 75.9 Å². The maximum Gasteiger partial charge on any atom is 0.0483 e. The molecule has 0 radical (unpaired) electrons. The van der Waals surface area contributed by atoms with Gasteiger partial charge in [0.15, 0.2) is 0 Å². The van der Waals surface area contributed by atoms with E-state index in [0.29, 0.717) is 16.7 Å². The van der Waals surface area contributed by atoms with Crippen LogP contribution in [-0.2, 0) is 11.8 Å². The Labute approximate surface area is 192 Å². The van der Waals surface area contributed by atoms with Crippen LogP contribution in [0, 0.1) is 10.8 Å². The molecule has 0 heterocycles. The van der Waals surface area contributed by atoms with Crippen LogP contribution in [0.3, 0.4) is 0 Å². The minimum absolute atomic E-state index is 0.189. The van der Waals surface area contributed by atoms with Gasteiger partial charge >= 0.3 is 0 Å². The van der Waals surface area contributed by atoms with E-state index in [1.807, 2.05) is 0 Å². The summed E-state index contributed by atoms with van der Waals surface area (Å²) in [5.74, 6) is 0.425. The monoisotopic (exact) mass is 430 g/mol. The third kappa shape index (κ3) is 3.30. The number of hydrogen-bond donors (Lipinski definition) is 0. The number of fused-ring (bicyclic) bond motifs is 2. The Kier molecular flexibility index (Phi) is 5.25. The van der Waals surface area contributed by atoms with E-state index in [2.05, 4.69) is 110 Å². The standard InChI is InChI=1S/C30H42Si/c1-10-22-18-27-24(17-26(22)21(2)23-14-12-11-13-15-23)16-25(19-31(7,8)9)30(27)28(3,4)20-29(30,5)6/h11-18,21H,10,19-20H2,1-9H3. The zero-order valence-electron chi connectivity index (χ0n) is 21.3. The summed E-state index contributed by atoms with van der Waals surface area (Å²) in [4.78, 5) is 0. The van der Waals surface area contributed by atoms with Crippen LogP contribution in [0.2, 0.25) is 25.7 Å². The molecule has 31 heavy (non-hydrogen) atoms. The summed E-state index contributed by atoms with van der Waals surface area (Å²) in [5, 5.41) is 0. The first-order valence-corrected chi connectivity index (χ1v) is 16.0. The first-order valence-electron chi connectivity index (χ1n) is 12.3. The fraction of sp³-hybridized carbons (Fsp3) is 0.533. The zero-order valence-corrected chi connectivity index (χ0v) is 22.3. The molecule has 0 saturated heterocycles. The second-order valence-electron chi connectivity index (χ2n) is 12.7. The first kappa shape index (κ1) is 22.6. The Morgan fingerprint density at radius 2 is 1.55 bits per heavy atom. The van der Waals surface area contributed by atoms with Crippen molar-refractivity contribution in [1.29, 1.82) is 0 Å².